The molecule has 90 valence electrons. The summed E-state index contributed by atoms with van der Waals surface area (Å²) in [7, 11) is 1.52. The predicted molar refractivity (Wildman–Crippen MR) is 55.9 cm³/mol. The van der Waals surface area contributed by atoms with Gasteiger partial charge in [0.05, 0.1) is 12.3 Å². The number of anilines is 1. The summed E-state index contributed by atoms with van der Waals surface area (Å²) >= 11 is 0. The summed E-state index contributed by atoms with van der Waals surface area (Å²) in [5.41, 5.74) is -0.0530. The van der Waals surface area contributed by atoms with E-state index >= 15 is 0 Å². The Hall–Kier alpha value is -1.23. The highest BCUT2D eigenvalue weighted by atomic mass is 19.2. The van der Waals surface area contributed by atoms with Crippen molar-refractivity contribution < 1.29 is 17.9 Å². The Morgan fingerprint density at radius 1 is 1.25 bits per heavy atom. The van der Waals surface area contributed by atoms with Crippen molar-refractivity contribution in [1.82, 2.24) is 0 Å². The summed E-state index contributed by atoms with van der Waals surface area (Å²) < 4.78 is 43.8. The van der Waals surface area contributed by atoms with E-state index in [2.05, 4.69) is 5.32 Å². The van der Waals surface area contributed by atoms with Gasteiger partial charge in [0.25, 0.3) is 0 Å². The van der Waals surface area contributed by atoms with Crippen LogP contribution in [0.25, 0.3) is 0 Å². The van der Waals surface area contributed by atoms with Crippen LogP contribution in [0.4, 0.5) is 18.9 Å². The minimum atomic E-state index is -1.46. The maximum Gasteiger partial charge on any atom is 0.196 e. The zero-order valence-corrected chi connectivity index (χ0v) is 9.19. The summed E-state index contributed by atoms with van der Waals surface area (Å²) in [6, 6.07) is 1.93. The number of nitrogens with one attached hydrogen (secondary N) is 1. The Morgan fingerprint density at radius 3 is 2.50 bits per heavy atom. The van der Waals surface area contributed by atoms with E-state index in [1.165, 1.54) is 13.2 Å². The van der Waals surface area contributed by atoms with Crippen molar-refractivity contribution in [3.05, 3.63) is 29.6 Å². The third-order valence-corrected chi connectivity index (χ3v) is 2.26. The molecule has 0 aromatic heterocycles. The molecule has 1 rings (SSSR count). The van der Waals surface area contributed by atoms with Gasteiger partial charge in [-0.05, 0) is 18.6 Å². The van der Waals surface area contributed by atoms with E-state index in [0.29, 0.717) is 13.0 Å². The molecule has 0 radical (unpaired) electrons. The van der Waals surface area contributed by atoms with Crippen molar-refractivity contribution in [1.29, 1.82) is 0 Å². The van der Waals surface area contributed by atoms with E-state index < -0.39 is 17.5 Å². The second-order valence-electron chi connectivity index (χ2n) is 3.43. The van der Waals surface area contributed by atoms with Gasteiger partial charge in [-0.2, -0.15) is 0 Å². The van der Waals surface area contributed by atoms with Crippen LogP contribution < -0.4 is 5.32 Å². The third-order valence-electron chi connectivity index (χ3n) is 2.26. The zero-order chi connectivity index (χ0) is 12.1. The number of halogens is 3. The molecule has 0 bridgehead atoms. The normalized spacial score (nSPS) is 12.6. The molecule has 1 atom stereocenters. The smallest absolute Gasteiger partial charge is 0.196 e. The van der Waals surface area contributed by atoms with Gasteiger partial charge >= 0.3 is 0 Å². The maximum atomic E-state index is 13.3. The highest BCUT2D eigenvalue weighted by molar-refractivity contribution is 5.46. The van der Waals surface area contributed by atoms with E-state index in [1.807, 2.05) is 6.92 Å². The molecular weight excluding hydrogens is 219 g/mol. The van der Waals surface area contributed by atoms with Crippen molar-refractivity contribution >= 4 is 5.69 Å². The summed E-state index contributed by atoms with van der Waals surface area (Å²) in [5.74, 6) is -3.85. The van der Waals surface area contributed by atoms with Gasteiger partial charge in [-0.15, -0.1) is 0 Å². The molecule has 0 amide bonds. The first-order valence-electron chi connectivity index (χ1n) is 4.99. The van der Waals surface area contributed by atoms with Crippen LogP contribution in [0.1, 0.15) is 13.3 Å². The van der Waals surface area contributed by atoms with Crippen LogP contribution in [0.15, 0.2) is 12.1 Å². The highest BCUT2D eigenvalue weighted by Crippen LogP contribution is 2.20. The van der Waals surface area contributed by atoms with E-state index in [0.717, 1.165) is 6.07 Å². The average molecular weight is 233 g/mol. The molecule has 0 heterocycles. The topological polar surface area (TPSA) is 21.3 Å². The number of benzene rings is 1. The van der Waals surface area contributed by atoms with Crippen molar-refractivity contribution in [2.45, 2.75) is 19.4 Å². The molecule has 1 N–H and O–H groups in total. The Kier molecular flexibility index (Phi) is 4.61. The fourth-order valence-electron chi connectivity index (χ4n) is 1.32. The molecule has 1 aromatic rings. The first-order chi connectivity index (χ1) is 7.60. The lowest BCUT2D eigenvalue weighted by molar-refractivity contribution is 0.184. The van der Waals surface area contributed by atoms with Crippen LogP contribution >= 0.6 is 0 Å². The Balaban J connectivity index is 2.84. The van der Waals surface area contributed by atoms with E-state index in [4.69, 9.17) is 4.74 Å². The number of methoxy groups -OCH3 is 1. The molecule has 0 aliphatic carbocycles. The summed E-state index contributed by atoms with van der Waals surface area (Å²) in [6.45, 7) is 2.25. The molecule has 0 saturated heterocycles. The van der Waals surface area contributed by atoms with E-state index in [9.17, 15) is 13.2 Å². The fraction of sp³-hybridized carbons (Fsp3) is 0.455. The standard InChI is InChI=1S/C11H14F3NO/c1-3-7(6-16-2)15-9-5-4-8(12)10(13)11(9)14/h4-5,7,15H,3,6H2,1-2H3. The summed E-state index contributed by atoms with van der Waals surface area (Å²) in [5, 5.41) is 2.76. The number of rotatable bonds is 5. The number of ether oxygens (including phenoxy) is 1. The van der Waals surface area contributed by atoms with Crippen LogP contribution in [-0.4, -0.2) is 19.8 Å². The Morgan fingerprint density at radius 2 is 1.94 bits per heavy atom. The molecule has 16 heavy (non-hydrogen) atoms. The quantitative estimate of drug-likeness (QED) is 0.789. The fourth-order valence-corrected chi connectivity index (χ4v) is 1.32. The lowest BCUT2D eigenvalue weighted by Gasteiger charge is -2.17. The van der Waals surface area contributed by atoms with Gasteiger partial charge in [0.2, 0.25) is 0 Å². The molecule has 0 fully saturated rings. The van der Waals surface area contributed by atoms with Crippen molar-refractivity contribution in [3.63, 3.8) is 0 Å². The Labute approximate surface area is 92.4 Å². The van der Waals surface area contributed by atoms with Crippen LogP contribution in [-0.2, 0) is 4.74 Å². The number of hydrogen-bond acceptors (Lipinski definition) is 2. The SMILES string of the molecule is CCC(COC)Nc1ccc(F)c(F)c1F. The number of hydrogen-bond donors (Lipinski definition) is 1. The molecule has 0 saturated carbocycles. The van der Waals surface area contributed by atoms with Crippen molar-refractivity contribution in [2.24, 2.45) is 0 Å². The molecule has 0 spiro atoms. The van der Waals surface area contributed by atoms with E-state index in [1.54, 1.807) is 0 Å². The van der Waals surface area contributed by atoms with Crippen LogP contribution in [0.3, 0.4) is 0 Å². The second-order valence-corrected chi connectivity index (χ2v) is 3.43. The van der Waals surface area contributed by atoms with Gasteiger partial charge in [0.1, 0.15) is 0 Å². The van der Waals surface area contributed by atoms with Gasteiger partial charge in [-0.3, -0.25) is 0 Å². The van der Waals surface area contributed by atoms with E-state index in [-0.39, 0.29) is 11.7 Å². The third kappa shape index (κ3) is 2.88. The first kappa shape index (κ1) is 12.8. The predicted octanol–water partition coefficient (Wildman–Crippen LogP) is 2.94. The monoisotopic (exact) mass is 233 g/mol. The molecule has 0 aliphatic rings. The largest absolute Gasteiger partial charge is 0.383 e. The lowest BCUT2D eigenvalue weighted by Crippen LogP contribution is -2.24. The van der Waals surface area contributed by atoms with Gasteiger partial charge in [-0.1, -0.05) is 6.92 Å². The van der Waals surface area contributed by atoms with Gasteiger partial charge in [0, 0.05) is 13.2 Å². The summed E-state index contributed by atoms with van der Waals surface area (Å²) in [4.78, 5) is 0. The van der Waals surface area contributed by atoms with Crippen LogP contribution in [0.2, 0.25) is 0 Å². The summed E-state index contributed by atoms with van der Waals surface area (Å²) in [6.07, 6.45) is 0.687. The van der Waals surface area contributed by atoms with Crippen LogP contribution in [0.5, 0.6) is 0 Å². The van der Waals surface area contributed by atoms with Gasteiger partial charge in [-0.25, -0.2) is 13.2 Å². The maximum absolute atomic E-state index is 13.3. The second kappa shape index (κ2) is 5.75. The molecule has 1 aromatic carbocycles. The molecular formula is C11H14F3NO. The zero-order valence-electron chi connectivity index (χ0n) is 9.19. The minimum Gasteiger partial charge on any atom is -0.383 e. The van der Waals surface area contributed by atoms with Crippen molar-refractivity contribution in [3.8, 4) is 0 Å². The molecule has 0 aliphatic heterocycles. The first-order valence-corrected chi connectivity index (χ1v) is 4.99. The van der Waals surface area contributed by atoms with Crippen molar-refractivity contribution in [2.75, 3.05) is 19.0 Å². The minimum absolute atomic E-state index is 0.0530. The Bertz CT molecular complexity index is 357. The average Bonchev–Trinajstić information content (AvgIpc) is 2.29. The van der Waals surface area contributed by atoms with Gasteiger partial charge in [0.15, 0.2) is 17.5 Å². The molecule has 1 unspecified atom stereocenters. The van der Waals surface area contributed by atoms with Crippen LogP contribution in [0, 0.1) is 17.5 Å². The highest BCUT2D eigenvalue weighted by Gasteiger charge is 2.15. The lowest BCUT2D eigenvalue weighted by atomic mass is 10.2. The van der Waals surface area contributed by atoms with Gasteiger partial charge < -0.3 is 10.1 Å². The molecule has 5 heteroatoms. The molecule has 2 nitrogen and oxygen atoms in total.